The Balaban J connectivity index is 1.88. The maximum atomic E-state index is 6.25. The lowest BCUT2D eigenvalue weighted by molar-refractivity contribution is 0.534. The highest BCUT2D eigenvalue weighted by atomic mass is 35.5. The fraction of sp³-hybridized carbons (Fsp3) is 0.278. The van der Waals surface area contributed by atoms with Crippen molar-refractivity contribution in [2.45, 2.75) is 32.5 Å². The van der Waals surface area contributed by atoms with Crippen LogP contribution in [0.3, 0.4) is 0 Å². The molecule has 0 amide bonds. The molecule has 0 fully saturated rings. The molecule has 0 saturated heterocycles. The lowest BCUT2D eigenvalue weighted by atomic mass is 9.97. The van der Waals surface area contributed by atoms with Crippen molar-refractivity contribution in [2.75, 3.05) is 0 Å². The topological polar surface area (TPSA) is 84.9 Å². The summed E-state index contributed by atoms with van der Waals surface area (Å²) in [6.07, 6.45) is 9.89. The van der Waals surface area contributed by atoms with Crippen molar-refractivity contribution in [3.05, 3.63) is 41.3 Å². The second-order valence-electron chi connectivity index (χ2n) is 6.48. The van der Waals surface area contributed by atoms with E-state index >= 15 is 0 Å². The molecule has 1 aliphatic rings. The fourth-order valence-electron chi connectivity index (χ4n) is 2.99. The number of nitrogens with one attached hydrogen (secondary N) is 1. The minimum Gasteiger partial charge on any atom is -0.345 e. The number of fused-ring (bicyclic) bond motifs is 1. The summed E-state index contributed by atoms with van der Waals surface area (Å²) in [6.45, 7) is 4.21. The zero-order valence-corrected chi connectivity index (χ0v) is 14.8. The van der Waals surface area contributed by atoms with E-state index in [4.69, 9.17) is 22.4 Å². The molecule has 0 radical (unpaired) electrons. The minimum atomic E-state index is -0.213. The normalized spacial score (nSPS) is 17.5. The number of dihydropyridines is 1. The number of hydrogen-bond acceptors (Lipinski definition) is 4. The molecule has 25 heavy (non-hydrogen) atoms. The molecule has 4 heterocycles. The van der Waals surface area contributed by atoms with Crippen molar-refractivity contribution in [2.24, 2.45) is 10.7 Å². The largest absolute Gasteiger partial charge is 0.345 e. The van der Waals surface area contributed by atoms with Crippen LogP contribution >= 0.6 is 11.6 Å². The molecule has 0 spiro atoms. The quantitative estimate of drug-likeness (QED) is 0.750. The van der Waals surface area contributed by atoms with Gasteiger partial charge in [0.15, 0.2) is 0 Å². The summed E-state index contributed by atoms with van der Waals surface area (Å²) < 4.78 is 1.96. The van der Waals surface area contributed by atoms with E-state index in [1.54, 1.807) is 12.4 Å². The molecular weight excluding hydrogens is 336 g/mol. The van der Waals surface area contributed by atoms with E-state index in [0.29, 0.717) is 11.4 Å². The van der Waals surface area contributed by atoms with Crippen LogP contribution in [0.4, 0.5) is 0 Å². The number of aliphatic imine (C=N–C) groups is 1. The Morgan fingerprint density at radius 2 is 2.24 bits per heavy atom. The SMILES string of the molecule is CC(C)n1cc(C2=CC=NC(N)C2)c(-c2cnc3[nH]cc(Cl)c3c2)n1. The van der Waals surface area contributed by atoms with E-state index in [1.165, 1.54) is 0 Å². The number of pyridine rings is 1. The van der Waals surface area contributed by atoms with E-state index in [-0.39, 0.29) is 12.2 Å². The Morgan fingerprint density at radius 3 is 3.00 bits per heavy atom. The summed E-state index contributed by atoms with van der Waals surface area (Å²) in [5.74, 6) is 0. The summed E-state index contributed by atoms with van der Waals surface area (Å²) in [7, 11) is 0. The molecule has 6 nitrogen and oxygen atoms in total. The Hall–Kier alpha value is -2.44. The lowest BCUT2D eigenvalue weighted by Gasteiger charge is -2.14. The van der Waals surface area contributed by atoms with Crippen molar-refractivity contribution in [3.63, 3.8) is 0 Å². The lowest BCUT2D eigenvalue weighted by Crippen LogP contribution is -2.19. The fourth-order valence-corrected chi connectivity index (χ4v) is 3.19. The highest BCUT2D eigenvalue weighted by molar-refractivity contribution is 6.35. The first-order valence-electron chi connectivity index (χ1n) is 8.23. The first-order valence-corrected chi connectivity index (χ1v) is 8.61. The molecule has 0 saturated carbocycles. The van der Waals surface area contributed by atoms with Crippen LogP contribution in [0.1, 0.15) is 31.9 Å². The van der Waals surface area contributed by atoms with Gasteiger partial charge in [0, 0.05) is 53.8 Å². The Kier molecular flexibility index (Phi) is 3.94. The average Bonchev–Trinajstić information content (AvgIpc) is 3.19. The molecule has 7 heteroatoms. The molecular formula is C18H19ClN6. The molecule has 3 aromatic rings. The highest BCUT2D eigenvalue weighted by Crippen LogP contribution is 2.34. The number of H-pyrrole nitrogens is 1. The Morgan fingerprint density at radius 1 is 1.40 bits per heavy atom. The Bertz CT molecular complexity index is 994. The smallest absolute Gasteiger partial charge is 0.138 e. The van der Waals surface area contributed by atoms with Crippen LogP contribution in [0.5, 0.6) is 0 Å². The summed E-state index contributed by atoms with van der Waals surface area (Å²) in [6, 6.07) is 2.28. The van der Waals surface area contributed by atoms with Crippen LogP contribution in [0.25, 0.3) is 27.9 Å². The van der Waals surface area contributed by atoms with Gasteiger partial charge in [-0.3, -0.25) is 9.67 Å². The molecule has 0 bridgehead atoms. The van der Waals surface area contributed by atoms with Crippen molar-refractivity contribution in [1.82, 2.24) is 19.7 Å². The van der Waals surface area contributed by atoms with E-state index in [2.05, 4.69) is 35.0 Å². The van der Waals surface area contributed by atoms with Crippen LogP contribution in [0.2, 0.25) is 5.02 Å². The van der Waals surface area contributed by atoms with Crippen molar-refractivity contribution >= 4 is 34.4 Å². The van der Waals surface area contributed by atoms with Gasteiger partial charge in [-0.05, 0) is 31.6 Å². The molecule has 0 aromatic carbocycles. The second kappa shape index (κ2) is 6.13. The number of hydrogen-bond donors (Lipinski definition) is 2. The summed E-state index contributed by atoms with van der Waals surface area (Å²) in [4.78, 5) is 11.7. The third-order valence-electron chi connectivity index (χ3n) is 4.34. The van der Waals surface area contributed by atoms with Gasteiger partial charge in [0.2, 0.25) is 0 Å². The van der Waals surface area contributed by atoms with E-state index < -0.39 is 0 Å². The number of nitrogens with two attached hydrogens (primary N) is 1. The molecule has 4 rings (SSSR count). The van der Waals surface area contributed by atoms with Gasteiger partial charge in [-0.1, -0.05) is 11.6 Å². The maximum Gasteiger partial charge on any atom is 0.138 e. The number of halogens is 1. The summed E-state index contributed by atoms with van der Waals surface area (Å²) in [5.41, 5.74) is 10.8. The van der Waals surface area contributed by atoms with Gasteiger partial charge in [-0.25, -0.2) is 4.98 Å². The highest BCUT2D eigenvalue weighted by Gasteiger charge is 2.20. The summed E-state index contributed by atoms with van der Waals surface area (Å²) in [5, 5.41) is 6.34. The van der Waals surface area contributed by atoms with Crippen LogP contribution in [0.15, 0.2) is 35.7 Å². The number of aromatic amines is 1. The zero-order chi connectivity index (χ0) is 17.6. The molecule has 1 aliphatic heterocycles. The van der Waals surface area contributed by atoms with Crippen LogP contribution < -0.4 is 5.73 Å². The first-order chi connectivity index (χ1) is 12.0. The van der Waals surface area contributed by atoms with Gasteiger partial charge in [0.25, 0.3) is 0 Å². The molecule has 1 atom stereocenters. The number of aromatic nitrogens is 4. The van der Waals surface area contributed by atoms with Crippen LogP contribution in [0, 0.1) is 0 Å². The number of rotatable bonds is 3. The second-order valence-corrected chi connectivity index (χ2v) is 6.89. The van der Waals surface area contributed by atoms with E-state index in [9.17, 15) is 0 Å². The van der Waals surface area contributed by atoms with E-state index in [0.717, 1.165) is 33.4 Å². The number of allylic oxidation sites excluding steroid dienone is 1. The molecule has 3 N–H and O–H groups in total. The first kappa shape index (κ1) is 16.1. The molecule has 128 valence electrons. The molecule has 3 aromatic heterocycles. The van der Waals surface area contributed by atoms with E-state index in [1.807, 2.05) is 23.0 Å². The predicted octanol–water partition coefficient (Wildman–Crippen LogP) is 3.80. The van der Waals surface area contributed by atoms with Gasteiger partial charge < -0.3 is 10.7 Å². The van der Waals surface area contributed by atoms with Gasteiger partial charge in [0.05, 0.1) is 5.02 Å². The van der Waals surface area contributed by atoms with Crippen LogP contribution in [-0.2, 0) is 0 Å². The third kappa shape index (κ3) is 2.88. The van der Waals surface area contributed by atoms with Crippen LogP contribution in [-0.4, -0.2) is 32.1 Å². The third-order valence-corrected chi connectivity index (χ3v) is 4.66. The standard InChI is InChI=1S/C18H19ClN6/c1-10(2)25-9-14(11-3-4-21-16(20)6-11)17(24-25)12-5-13-15(19)8-23-18(13)22-7-12/h3-5,7-10,16H,6,20H2,1-2H3,(H,22,23). The predicted molar refractivity (Wildman–Crippen MR) is 102 cm³/mol. The summed E-state index contributed by atoms with van der Waals surface area (Å²) >= 11 is 6.25. The van der Waals surface area contributed by atoms with Gasteiger partial charge >= 0.3 is 0 Å². The Labute approximate surface area is 150 Å². The van der Waals surface area contributed by atoms with Gasteiger partial charge in [-0.15, -0.1) is 0 Å². The molecule has 1 unspecified atom stereocenters. The molecule has 0 aliphatic carbocycles. The van der Waals surface area contributed by atoms with Gasteiger partial charge in [-0.2, -0.15) is 5.10 Å². The van der Waals surface area contributed by atoms with Gasteiger partial charge in [0.1, 0.15) is 17.5 Å². The minimum absolute atomic E-state index is 0.213. The van der Waals surface area contributed by atoms with Crippen molar-refractivity contribution in [3.8, 4) is 11.3 Å². The average molecular weight is 355 g/mol. The number of nitrogens with zero attached hydrogens (tertiary/aromatic N) is 4. The van der Waals surface area contributed by atoms with Crippen molar-refractivity contribution < 1.29 is 0 Å². The maximum absolute atomic E-state index is 6.25. The zero-order valence-electron chi connectivity index (χ0n) is 14.1. The van der Waals surface area contributed by atoms with Crippen molar-refractivity contribution in [1.29, 1.82) is 0 Å². The monoisotopic (exact) mass is 354 g/mol.